The van der Waals surface area contributed by atoms with E-state index in [0.717, 1.165) is 17.0 Å². The van der Waals surface area contributed by atoms with Crippen molar-refractivity contribution in [3.63, 3.8) is 0 Å². The van der Waals surface area contributed by atoms with Gasteiger partial charge in [-0.3, -0.25) is 4.79 Å². The monoisotopic (exact) mass is 552 g/mol. The average Bonchev–Trinajstić information content (AvgIpc) is 3.38. The number of piperidine rings is 1. The lowest BCUT2D eigenvalue weighted by Gasteiger charge is -2.34. The number of amides is 2. The van der Waals surface area contributed by atoms with E-state index in [4.69, 9.17) is 14.2 Å². The third-order valence-corrected chi connectivity index (χ3v) is 6.82. The zero-order valence-electron chi connectivity index (χ0n) is 23.7. The zero-order chi connectivity index (χ0) is 28.9. The van der Waals surface area contributed by atoms with E-state index in [1.54, 1.807) is 42.1 Å². The van der Waals surface area contributed by atoms with E-state index in [-0.39, 0.29) is 23.7 Å². The van der Waals surface area contributed by atoms with Gasteiger partial charge in [0.2, 0.25) is 0 Å². The molecule has 40 heavy (non-hydrogen) atoms. The van der Waals surface area contributed by atoms with Crippen molar-refractivity contribution in [2.45, 2.75) is 51.6 Å². The quantitative estimate of drug-likeness (QED) is 0.417. The maximum absolute atomic E-state index is 13.6. The van der Waals surface area contributed by atoms with Crippen LogP contribution in [0.25, 0.3) is 5.69 Å². The van der Waals surface area contributed by atoms with E-state index in [2.05, 4.69) is 10.4 Å². The van der Waals surface area contributed by atoms with Crippen LogP contribution in [-0.2, 0) is 11.2 Å². The molecule has 10 heteroatoms. The Balaban J connectivity index is 1.53. The molecule has 1 fully saturated rings. The fourth-order valence-electron chi connectivity index (χ4n) is 4.86. The van der Waals surface area contributed by atoms with E-state index < -0.39 is 5.60 Å². The van der Waals surface area contributed by atoms with Gasteiger partial charge >= 0.3 is 6.09 Å². The van der Waals surface area contributed by atoms with Crippen LogP contribution in [0.4, 0.5) is 9.18 Å². The minimum Gasteiger partial charge on any atom is -0.497 e. The van der Waals surface area contributed by atoms with Gasteiger partial charge in [-0.15, -0.1) is 0 Å². The van der Waals surface area contributed by atoms with Gasteiger partial charge in [-0.05, 0) is 88.1 Å². The molecule has 0 aliphatic carbocycles. The summed E-state index contributed by atoms with van der Waals surface area (Å²) in [7, 11) is 3.21. The van der Waals surface area contributed by atoms with Crippen molar-refractivity contribution in [1.29, 1.82) is 0 Å². The van der Waals surface area contributed by atoms with Crippen molar-refractivity contribution in [3.05, 3.63) is 71.3 Å². The van der Waals surface area contributed by atoms with Crippen LogP contribution in [0.5, 0.6) is 11.5 Å². The van der Waals surface area contributed by atoms with Gasteiger partial charge in [0.1, 0.15) is 22.9 Å². The van der Waals surface area contributed by atoms with Gasteiger partial charge in [0.15, 0.2) is 0 Å². The first-order valence-electron chi connectivity index (χ1n) is 13.4. The highest BCUT2D eigenvalue weighted by atomic mass is 19.1. The van der Waals surface area contributed by atoms with Crippen LogP contribution in [-0.4, -0.2) is 66.1 Å². The smallest absolute Gasteiger partial charge is 0.410 e. The third kappa shape index (κ3) is 6.91. The summed E-state index contributed by atoms with van der Waals surface area (Å²) >= 11 is 0. The number of carbonyl (C=O) groups excluding carboxylic acids is 2. The fourth-order valence-corrected chi connectivity index (χ4v) is 4.86. The Morgan fingerprint density at radius 2 is 1.75 bits per heavy atom. The average molecular weight is 553 g/mol. The number of aromatic nitrogens is 2. The zero-order valence-corrected chi connectivity index (χ0v) is 23.7. The molecular formula is C30H37FN4O5. The van der Waals surface area contributed by atoms with Crippen LogP contribution >= 0.6 is 0 Å². The Morgan fingerprint density at radius 1 is 1.05 bits per heavy atom. The van der Waals surface area contributed by atoms with E-state index in [1.807, 2.05) is 39.0 Å². The number of hydrogen-bond acceptors (Lipinski definition) is 6. The summed E-state index contributed by atoms with van der Waals surface area (Å²) in [6.45, 7) is 6.88. The lowest BCUT2D eigenvalue weighted by molar-refractivity contribution is 0.0203. The van der Waals surface area contributed by atoms with Gasteiger partial charge in [0, 0.05) is 25.6 Å². The summed E-state index contributed by atoms with van der Waals surface area (Å²) in [5.41, 5.74) is 2.20. The number of nitrogens with one attached hydrogen (secondary N) is 1. The maximum atomic E-state index is 13.6. The highest BCUT2D eigenvalue weighted by molar-refractivity contribution is 5.95. The first-order valence-corrected chi connectivity index (χ1v) is 13.4. The number of benzene rings is 2. The van der Waals surface area contributed by atoms with Crippen LogP contribution in [0, 0.1) is 5.82 Å². The largest absolute Gasteiger partial charge is 0.497 e. The molecule has 0 radical (unpaired) electrons. The molecule has 1 N–H and O–H groups in total. The minimum absolute atomic E-state index is 0.0366. The number of ether oxygens (including phenoxy) is 3. The van der Waals surface area contributed by atoms with E-state index in [0.29, 0.717) is 55.9 Å². The molecule has 4 rings (SSSR count). The fraction of sp³-hybridized carbons (Fsp3) is 0.433. The Labute approximate surface area is 234 Å². The van der Waals surface area contributed by atoms with Crippen molar-refractivity contribution in [1.82, 2.24) is 20.0 Å². The van der Waals surface area contributed by atoms with Crippen molar-refractivity contribution in [2.75, 3.05) is 33.9 Å². The Bertz CT molecular complexity index is 1320. The number of carbonyl (C=O) groups is 2. The first kappa shape index (κ1) is 28.9. The molecule has 0 saturated carbocycles. The molecule has 3 aromatic rings. The highest BCUT2D eigenvalue weighted by Gasteiger charge is 2.32. The Kier molecular flexibility index (Phi) is 8.96. The second kappa shape index (κ2) is 12.4. The van der Waals surface area contributed by atoms with E-state index >= 15 is 0 Å². The van der Waals surface area contributed by atoms with Crippen LogP contribution < -0.4 is 14.8 Å². The van der Waals surface area contributed by atoms with Gasteiger partial charge in [-0.1, -0.05) is 0 Å². The van der Waals surface area contributed by atoms with Gasteiger partial charge in [-0.2, -0.15) is 5.10 Å². The van der Waals surface area contributed by atoms with Crippen molar-refractivity contribution in [2.24, 2.45) is 0 Å². The molecule has 2 amide bonds. The molecule has 0 unspecified atom stereocenters. The number of likely N-dealkylation sites (tertiary alicyclic amines) is 1. The van der Waals surface area contributed by atoms with Crippen LogP contribution in [0.1, 0.15) is 61.1 Å². The van der Waals surface area contributed by atoms with Crippen molar-refractivity contribution >= 4 is 12.0 Å². The van der Waals surface area contributed by atoms with Crippen LogP contribution in [0.2, 0.25) is 0 Å². The lowest BCUT2D eigenvalue weighted by Crippen LogP contribution is -2.41. The summed E-state index contributed by atoms with van der Waals surface area (Å²) in [6.07, 6.45) is 3.02. The summed E-state index contributed by atoms with van der Waals surface area (Å²) in [6, 6.07) is 11.6. The molecule has 0 atom stereocenters. The van der Waals surface area contributed by atoms with Gasteiger partial charge < -0.3 is 24.4 Å². The molecule has 2 aromatic carbocycles. The molecule has 9 nitrogen and oxygen atoms in total. The molecule has 0 spiro atoms. The summed E-state index contributed by atoms with van der Waals surface area (Å²) < 4.78 is 31.7. The van der Waals surface area contributed by atoms with Gasteiger partial charge in [0.25, 0.3) is 5.91 Å². The second-order valence-corrected chi connectivity index (χ2v) is 10.8. The summed E-state index contributed by atoms with van der Waals surface area (Å²) in [4.78, 5) is 27.7. The van der Waals surface area contributed by atoms with Crippen molar-refractivity contribution < 1.29 is 28.2 Å². The van der Waals surface area contributed by atoms with Gasteiger partial charge in [0.05, 0.1) is 37.4 Å². The molecule has 0 bridgehead atoms. The normalized spacial score (nSPS) is 14.1. The highest BCUT2D eigenvalue weighted by Crippen LogP contribution is 2.33. The Hall–Kier alpha value is -4.08. The molecular weight excluding hydrogens is 515 g/mol. The van der Waals surface area contributed by atoms with E-state index in [1.165, 1.54) is 12.1 Å². The molecule has 1 aliphatic heterocycles. The maximum Gasteiger partial charge on any atom is 0.410 e. The number of halogens is 1. The lowest BCUT2D eigenvalue weighted by atomic mass is 9.91. The SMILES string of the molecule is COc1ccc(OC)c(CCNC(=O)c2cnn(-c3ccc(F)cc3)c2C2CCN(C(=O)OC(C)(C)C)CC2)c1. The first-order chi connectivity index (χ1) is 19.1. The second-order valence-electron chi connectivity index (χ2n) is 10.8. The Morgan fingerprint density at radius 3 is 2.38 bits per heavy atom. The number of hydrogen-bond donors (Lipinski definition) is 1. The number of nitrogens with zero attached hydrogens (tertiary/aromatic N) is 3. The van der Waals surface area contributed by atoms with Gasteiger partial charge in [-0.25, -0.2) is 13.9 Å². The van der Waals surface area contributed by atoms with Crippen LogP contribution in [0.3, 0.4) is 0 Å². The molecule has 1 aliphatic rings. The molecule has 2 heterocycles. The summed E-state index contributed by atoms with van der Waals surface area (Å²) in [5, 5.41) is 7.53. The third-order valence-electron chi connectivity index (χ3n) is 6.82. The van der Waals surface area contributed by atoms with E-state index in [9.17, 15) is 14.0 Å². The molecule has 1 aromatic heterocycles. The predicted octanol–water partition coefficient (Wildman–Crippen LogP) is 5.12. The predicted molar refractivity (Wildman–Crippen MR) is 149 cm³/mol. The minimum atomic E-state index is -0.574. The number of methoxy groups -OCH3 is 2. The number of rotatable bonds is 8. The van der Waals surface area contributed by atoms with Crippen LogP contribution in [0.15, 0.2) is 48.7 Å². The summed E-state index contributed by atoms with van der Waals surface area (Å²) in [5.74, 6) is 0.790. The topological polar surface area (TPSA) is 94.9 Å². The standard InChI is InChI=1S/C30H37FN4O5/c1-30(2,3)40-29(37)34-16-13-20(14-17-34)27-25(19-33-35(27)23-8-6-22(31)7-9-23)28(36)32-15-12-21-18-24(38-4)10-11-26(21)39-5/h6-11,18-20H,12-17H2,1-5H3,(H,32,36). The molecule has 1 saturated heterocycles. The van der Waals surface area contributed by atoms with Crippen molar-refractivity contribution in [3.8, 4) is 17.2 Å². The molecule has 214 valence electrons.